The average Bonchev–Trinajstić information content (AvgIpc) is 2.12. The summed E-state index contributed by atoms with van der Waals surface area (Å²) in [6.07, 6.45) is 0.729. The van der Waals surface area contributed by atoms with Crippen molar-refractivity contribution in [3.8, 4) is 6.07 Å². The van der Waals surface area contributed by atoms with Gasteiger partial charge in [-0.15, -0.1) is 0 Å². The molecule has 0 unspecified atom stereocenters. The van der Waals surface area contributed by atoms with Crippen LogP contribution in [0.25, 0.3) is 0 Å². The molecule has 76 valence electrons. The third kappa shape index (κ3) is 4.25. The van der Waals surface area contributed by atoms with Crippen molar-refractivity contribution in [2.45, 2.75) is 33.3 Å². The summed E-state index contributed by atoms with van der Waals surface area (Å²) in [4.78, 5) is 0. The van der Waals surface area contributed by atoms with Gasteiger partial charge in [-0.05, 0) is 27.2 Å². The predicted octanol–water partition coefficient (Wildman–Crippen LogP) is 1.98. The van der Waals surface area contributed by atoms with E-state index in [0.717, 1.165) is 6.42 Å². The molecule has 0 aliphatic carbocycles. The van der Waals surface area contributed by atoms with Crippen LogP contribution in [0, 0.1) is 16.7 Å². The fourth-order valence-electron chi connectivity index (χ4n) is 1.15. The van der Waals surface area contributed by atoms with E-state index in [-0.39, 0.29) is 6.10 Å². The Labute approximate surface area is 80.6 Å². The Morgan fingerprint density at radius 3 is 2.46 bits per heavy atom. The van der Waals surface area contributed by atoms with Crippen LogP contribution in [0.1, 0.15) is 27.2 Å². The van der Waals surface area contributed by atoms with E-state index >= 15 is 0 Å². The van der Waals surface area contributed by atoms with Crippen molar-refractivity contribution in [1.82, 2.24) is 0 Å². The molecule has 0 aromatic rings. The van der Waals surface area contributed by atoms with Gasteiger partial charge in [0.15, 0.2) is 0 Å². The van der Waals surface area contributed by atoms with Crippen LogP contribution in [0.15, 0.2) is 0 Å². The summed E-state index contributed by atoms with van der Waals surface area (Å²) in [7, 11) is 1.66. The van der Waals surface area contributed by atoms with E-state index in [9.17, 15) is 0 Å². The van der Waals surface area contributed by atoms with Gasteiger partial charge in [0.2, 0.25) is 0 Å². The number of methoxy groups -OCH3 is 1. The van der Waals surface area contributed by atoms with Crippen molar-refractivity contribution in [2.24, 2.45) is 5.41 Å². The van der Waals surface area contributed by atoms with Crippen LogP contribution in [0.3, 0.4) is 0 Å². The molecule has 0 aliphatic rings. The van der Waals surface area contributed by atoms with Gasteiger partial charge in [-0.2, -0.15) is 5.26 Å². The maximum atomic E-state index is 8.92. The van der Waals surface area contributed by atoms with Gasteiger partial charge in [-0.3, -0.25) is 0 Å². The molecule has 0 radical (unpaired) electrons. The molecule has 0 aliphatic heterocycles. The Hall–Kier alpha value is -0.590. The third-order valence-corrected chi connectivity index (χ3v) is 2.05. The second kappa shape index (κ2) is 5.95. The second-order valence-electron chi connectivity index (χ2n) is 3.56. The monoisotopic (exact) mass is 185 g/mol. The largest absolute Gasteiger partial charge is 0.385 e. The summed E-state index contributed by atoms with van der Waals surface area (Å²) in [5.74, 6) is 0. The number of nitriles is 1. The molecule has 0 rings (SSSR count). The number of ether oxygens (including phenoxy) is 2. The number of hydrogen-bond donors (Lipinski definition) is 0. The van der Waals surface area contributed by atoms with Gasteiger partial charge in [0.1, 0.15) is 0 Å². The lowest BCUT2D eigenvalue weighted by Gasteiger charge is -2.27. The minimum atomic E-state index is -0.436. The van der Waals surface area contributed by atoms with Crippen LogP contribution in [-0.4, -0.2) is 26.4 Å². The van der Waals surface area contributed by atoms with E-state index < -0.39 is 5.41 Å². The summed E-state index contributed by atoms with van der Waals surface area (Å²) in [6, 6.07) is 2.25. The Kier molecular flexibility index (Phi) is 5.68. The predicted molar refractivity (Wildman–Crippen MR) is 51.3 cm³/mol. The van der Waals surface area contributed by atoms with E-state index in [4.69, 9.17) is 14.7 Å². The van der Waals surface area contributed by atoms with Crippen molar-refractivity contribution < 1.29 is 9.47 Å². The quantitative estimate of drug-likeness (QED) is 0.635. The summed E-state index contributed by atoms with van der Waals surface area (Å²) in [5, 5.41) is 8.92. The molecule has 0 N–H and O–H groups in total. The molecule has 0 fully saturated rings. The molecule has 3 heteroatoms. The molecule has 0 bridgehead atoms. The van der Waals surface area contributed by atoms with Crippen molar-refractivity contribution in [1.29, 1.82) is 5.26 Å². The first kappa shape index (κ1) is 12.4. The molecule has 3 nitrogen and oxygen atoms in total. The normalized spacial score (nSPS) is 13.8. The van der Waals surface area contributed by atoms with E-state index in [1.165, 1.54) is 0 Å². The Bertz CT molecular complexity index is 172. The molecule has 1 atom stereocenters. The molecule has 0 heterocycles. The maximum Gasteiger partial charge on any atom is 0.0779 e. The number of hydrogen-bond acceptors (Lipinski definition) is 3. The summed E-state index contributed by atoms with van der Waals surface area (Å²) in [6.45, 7) is 6.99. The summed E-state index contributed by atoms with van der Waals surface area (Å²) >= 11 is 0. The van der Waals surface area contributed by atoms with Crippen LogP contribution in [-0.2, 0) is 9.47 Å². The number of nitrogens with zero attached hydrogens (tertiary/aromatic N) is 1. The smallest absolute Gasteiger partial charge is 0.0779 e. The Morgan fingerprint density at radius 1 is 1.46 bits per heavy atom. The highest BCUT2D eigenvalue weighted by atomic mass is 16.5. The van der Waals surface area contributed by atoms with E-state index in [2.05, 4.69) is 6.07 Å². The molecular weight excluding hydrogens is 166 g/mol. The molecular formula is C10H19NO2. The lowest BCUT2D eigenvalue weighted by atomic mass is 9.86. The van der Waals surface area contributed by atoms with Crippen LogP contribution in [0.4, 0.5) is 0 Å². The van der Waals surface area contributed by atoms with Gasteiger partial charge in [-0.1, -0.05) is 0 Å². The first-order valence-corrected chi connectivity index (χ1v) is 4.60. The van der Waals surface area contributed by atoms with Crippen LogP contribution >= 0.6 is 0 Å². The Balaban J connectivity index is 4.16. The SMILES string of the molecule is CCO[C@H](CCOC)C(C)(C)C#N. The van der Waals surface area contributed by atoms with Crippen LogP contribution in [0.2, 0.25) is 0 Å². The summed E-state index contributed by atoms with van der Waals surface area (Å²) in [5.41, 5.74) is -0.436. The topological polar surface area (TPSA) is 42.2 Å². The molecule has 0 saturated heterocycles. The van der Waals surface area contributed by atoms with E-state index in [1.54, 1.807) is 7.11 Å². The zero-order valence-electron chi connectivity index (χ0n) is 8.96. The third-order valence-electron chi connectivity index (χ3n) is 2.05. The molecule has 13 heavy (non-hydrogen) atoms. The standard InChI is InChI=1S/C10H19NO2/c1-5-13-9(6-7-12-4)10(2,3)8-11/h9H,5-7H2,1-4H3/t9-/m1/s1. The van der Waals surface area contributed by atoms with Gasteiger partial charge < -0.3 is 9.47 Å². The zero-order chi connectivity index (χ0) is 10.3. The van der Waals surface area contributed by atoms with Gasteiger partial charge >= 0.3 is 0 Å². The maximum absolute atomic E-state index is 8.92. The van der Waals surface area contributed by atoms with Crippen molar-refractivity contribution in [3.05, 3.63) is 0 Å². The number of rotatable bonds is 6. The average molecular weight is 185 g/mol. The molecule has 0 amide bonds. The fraction of sp³-hybridized carbons (Fsp3) is 0.900. The zero-order valence-corrected chi connectivity index (χ0v) is 8.96. The van der Waals surface area contributed by atoms with Crippen LogP contribution < -0.4 is 0 Å². The van der Waals surface area contributed by atoms with Gasteiger partial charge in [0.05, 0.1) is 17.6 Å². The molecule has 0 spiro atoms. The van der Waals surface area contributed by atoms with Crippen molar-refractivity contribution in [3.63, 3.8) is 0 Å². The molecule has 0 aromatic heterocycles. The van der Waals surface area contributed by atoms with Gasteiger partial charge in [-0.25, -0.2) is 0 Å². The lowest BCUT2D eigenvalue weighted by Crippen LogP contribution is -2.31. The van der Waals surface area contributed by atoms with Gasteiger partial charge in [0, 0.05) is 20.3 Å². The van der Waals surface area contributed by atoms with Gasteiger partial charge in [0.25, 0.3) is 0 Å². The minimum absolute atomic E-state index is 0.0394. The second-order valence-corrected chi connectivity index (χ2v) is 3.56. The van der Waals surface area contributed by atoms with Crippen LogP contribution in [0.5, 0.6) is 0 Å². The lowest BCUT2D eigenvalue weighted by molar-refractivity contribution is -0.0146. The highest BCUT2D eigenvalue weighted by Gasteiger charge is 2.29. The van der Waals surface area contributed by atoms with Crippen molar-refractivity contribution >= 4 is 0 Å². The highest BCUT2D eigenvalue weighted by Crippen LogP contribution is 2.24. The van der Waals surface area contributed by atoms with Crippen molar-refractivity contribution in [2.75, 3.05) is 20.3 Å². The molecule has 0 aromatic carbocycles. The first-order valence-electron chi connectivity index (χ1n) is 4.60. The fourth-order valence-corrected chi connectivity index (χ4v) is 1.15. The Morgan fingerprint density at radius 2 is 2.08 bits per heavy atom. The van der Waals surface area contributed by atoms with E-state index in [0.29, 0.717) is 13.2 Å². The van der Waals surface area contributed by atoms with E-state index in [1.807, 2.05) is 20.8 Å². The minimum Gasteiger partial charge on any atom is -0.385 e. The first-order chi connectivity index (χ1) is 6.08. The summed E-state index contributed by atoms with van der Waals surface area (Å²) < 4.78 is 10.5. The molecule has 0 saturated carbocycles. The highest BCUT2D eigenvalue weighted by molar-refractivity contribution is 4.97.